The Bertz CT molecular complexity index is 530. The van der Waals surface area contributed by atoms with Crippen molar-refractivity contribution in [2.24, 2.45) is 4.99 Å². The summed E-state index contributed by atoms with van der Waals surface area (Å²) in [5.41, 5.74) is 0.969. The van der Waals surface area contributed by atoms with E-state index in [1.54, 1.807) is 11.3 Å². The highest BCUT2D eigenvalue weighted by Gasteiger charge is 2.08. The molecule has 2 aromatic rings. The first kappa shape index (κ1) is 9.78. The van der Waals surface area contributed by atoms with Gasteiger partial charge in [0.25, 0.3) is 0 Å². The Morgan fingerprint density at radius 3 is 3.19 bits per heavy atom. The maximum atomic E-state index is 4.63. The van der Waals surface area contributed by atoms with Crippen LogP contribution >= 0.6 is 11.3 Å². The van der Waals surface area contributed by atoms with Crippen molar-refractivity contribution in [3.63, 3.8) is 0 Å². The second kappa shape index (κ2) is 4.22. The molecule has 0 aliphatic carbocycles. The minimum atomic E-state index is 0.909. The molecule has 0 spiro atoms. The molecular formula is C12H13N3S. The molecule has 0 unspecified atom stereocenters. The van der Waals surface area contributed by atoms with Crippen LogP contribution in [0.2, 0.25) is 0 Å². The van der Waals surface area contributed by atoms with Crippen LogP contribution in [0.5, 0.6) is 0 Å². The molecule has 16 heavy (non-hydrogen) atoms. The Hall–Kier alpha value is -1.42. The van der Waals surface area contributed by atoms with Crippen LogP contribution in [0, 0.1) is 0 Å². The quantitative estimate of drug-likeness (QED) is 0.818. The lowest BCUT2D eigenvalue weighted by atomic mass is 10.3. The number of rotatable bonds is 1. The van der Waals surface area contributed by atoms with Gasteiger partial charge in [-0.3, -0.25) is 4.99 Å². The zero-order valence-corrected chi connectivity index (χ0v) is 9.76. The fourth-order valence-corrected chi connectivity index (χ4v) is 2.60. The highest BCUT2D eigenvalue weighted by Crippen LogP contribution is 2.18. The van der Waals surface area contributed by atoms with Gasteiger partial charge in [-0.15, -0.1) is 11.3 Å². The molecule has 3 rings (SSSR count). The molecule has 0 saturated heterocycles. The van der Waals surface area contributed by atoms with Gasteiger partial charge in [-0.05, 0) is 36.4 Å². The number of nitrogens with zero attached hydrogens (tertiary/aromatic N) is 2. The van der Waals surface area contributed by atoms with Crippen molar-refractivity contribution in [3.8, 4) is 0 Å². The minimum absolute atomic E-state index is 0.909. The third-order valence-corrected chi connectivity index (χ3v) is 3.53. The van der Waals surface area contributed by atoms with Crippen molar-refractivity contribution in [3.05, 3.63) is 29.3 Å². The Balaban J connectivity index is 2.00. The van der Waals surface area contributed by atoms with E-state index in [2.05, 4.69) is 32.8 Å². The summed E-state index contributed by atoms with van der Waals surface area (Å²) in [6.07, 6.45) is 2.35. The number of fused-ring (bicyclic) bond motifs is 1. The predicted molar refractivity (Wildman–Crippen MR) is 68.3 cm³/mol. The van der Waals surface area contributed by atoms with E-state index < -0.39 is 0 Å². The van der Waals surface area contributed by atoms with Gasteiger partial charge in [-0.1, -0.05) is 0 Å². The number of hydrogen-bond acceptors (Lipinski definition) is 4. The third kappa shape index (κ3) is 1.80. The topological polar surface area (TPSA) is 37.3 Å². The highest BCUT2D eigenvalue weighted by molar-refractivity contribution is 7.16. The van der Waals surface area contributed by atoms with E-state index in [0.29, 0.717) is 0 Å². The van der Waals surface area contributed by atoms with Gasteiger partial charge in [0.15, 0.2) is 0 Å². The minimum Gasteiger partial charge on any atom is -0.369 e. The molecular weight excluding hydrogens is 218 g/mol. The largest absolute Gasteiger partial charge is 0.369 e. The SMILES string of the molecule is c1cc2ccc(C3=NCCCCN3)nc2s1. The monoisotopic (exact) mass is 231 g/mol. The lowest BCUT2D eigenvalue weighted by molar-refractivity contribution is 0.749. The van der Waals surface area contributed by atoms with Crippen LogP contribution in [0.15, 0.2) is 28.6 Å². The molecule has 0 fully saturated rings. The summed E-state index contributed by atoms with van der Waals surface area (Å²) in [6, 6.07) is 6.26. The first-order valence-corrected chi connectivity index (χ1v) is 6.44. The van der Waals surface area contributed by atoms with Gasteiger partial charge in [0.05, 0.1) is 0 Å². The van der Waals surface area contributed by atoms with E-state index in [1.807, 2.05) is 6.07 Å². The number of aromatic nitrogens is 1. The van der Waals surface area contributed by atoms with Crippen LogP contribution < -0.4 is 5.32 Å². The number of aliphatic imine (C=N–C) groups is 1. The van der Waals surface area contributed by atoms with Gasteiger partial charge in [-0.25, -0.2) is 4.98 Å². The highest BCUT2D eigenvalue weighted by atomic mass is 32.1. The first-order valence-electron chi connectivity index (χ1n) is 5.56. The van der Waals surface area contributed by atoms with Crippen molar-refractivity contribution >= 4 is 27.4 Å². The molecule has 3 nitrogen and oxygen atoms in total. The van der Waals surface area contributed by atoms with E-state index in [0.717, 1.165) is 35.9 Å². The van der Waals surface area contributed by atoms with Gasteiger partial charge in [0, 0.05) is 18.5 Å². The molecule has 0 radical (unpaired) electrons. The standard InChI is InChI=1S/C12H13N3S/c1-2-7-14-11(13-6-1)10-4-3-9-5-8-16-12(9)15-10/h3-5,8H,1-2,6-7H2,(H,13,14). The fourth-order valence-electron chi connectivity index (χ4n) is 1.84. The molecule has 0 atom stereocenters. The summed E-state index contributed by atoms with van der Waals surface area (Å²) in [5.74, 6) is 0.952. The van der Waals surface area contributed by atoms with Gasteiger partial charge >= 0.3 is 0 Å². The van der Waals surface area contributed by atoms with Crippen molar-refractivity contribution < 1.29 is 0 Å². The van der Waals surface area contributed by atoms with E-state index in [9.17, 15) is 0 Å². The van der Waals surface area contributed by atoms with E-state index in [-0.39, 0.29) is 0 Å². The summed E-state index contributed by atoms with van der Waals surface area (Å²) in [4.78, 5) is 10.2. The Morgan fingerprint density at radius 2 is 2.19 bits per heavy atom. The van der Waals surface area contributed by atoms with E-state index in [4.69, 9.17) is 0 Å². The number of nitrogens with one attached hydrogen (secondary N) is 1. The van der Waals surface area contributed by atoms with Gasteiger partial charge in [0.2, 0.25) is 0 Å². The molecule has 1 aliphatic rings. The summed E-state index contributed by atoms with van der Waals surface area (Å²) in [5, 5.41) is 6.63. The fraction of sp³-hybridized carbons (Fsp3) is 0.333. The molecule has 0 amide bonds. The molecule has 0 bridgehead atoms. The number of pyridine rings is 1. The molecule has 0 aromatic carbocycles. The van der Waals surface area contributed by atoms with Crippen LogP contribution in [0.25, 0.3) is 10.2 Å². The molecule has 0 saturated carbocycles. The molecule has 4 heteroatoms. The third-order valence-electron chi connectivity index (χ3n) is 2.71. The van der Waals surface area contributed by atoms with Crippen LogP contribution in [0.3, 0.4) is 0 Å². The molecule has 2 aromatic heterocycles. The molecule has 3 heterocycles. The average Bonchev–Trinajstić information content (AvgIpc) is 2.61. The normalized spacial score (nSPS) is 16.6. The smallest absolute Gasteiger partial charge is 0.147 e. The summed E-state index contributed by atoms with van der Waals surface area (Å²) in [7, 11) is 0. The average molecular weight is 231 g/mol. The second-order valence-electron chi connectivity index (χ2n) is 3.88. The van der Waals surface area contributed by atoms with E-state index in [1.165, 1.54) is 11.8 Å². The van der Waals surface area contributed by atoms with Gasteiger partial charge in [-0.2, -0.15) is 0 Å². The Labute approximate surface area is 98.2 Å². The van der Waals surface area contributed by atoms with Crippen LogP contribution in [-0.2, 0) is 0 Å². The van der Waals surface area contributed by atoms with Crippen LogP contribution in [0.4, 0.5) is 0 Å². The maximum absolute atomic E-state index is 4.63. The molecule has 82 valence electrons. The van der Waals surface area contributed by atoms with Crippen molar-refractivity contribution in [2.45, 2.75) is 12.8 Å². The van der Waals surface area contributed by atoms with Crippen LogP contribution in [0.1, 0.15) is 18.5 Å². The zero-order valence-electron chi connectivity index (χ0n) is 8.94. The lowest BCUT2D eigenvalue weighted by Crippen LogP contribution is -2.25. The van der Waals surface area contributed by atoms with E-state index >= 15 is 0 Å². The number of hydrogen-bond donors (Lipinski definition) is 1. The van der Waals surface area contributed by atoms with Crippen molar-refractivity contribution in [1.82, 2.24) is 10.3 Å². The molecule has 1 aliphatic heterocycles. The first-order chi connectivity index (χ1) is 7.93. The van der Waals surface area contributed by atoms with Gasteiger partial charge in [0.1, 0.15) is 16.4 Å². The zero-order chi connectivity index (χ0) is 10.8. The summed E-state index contributed by atoms with van der Waals surface area (Å²) in [6.45, 7) is 1.91. The number of amidine groups is 1. The van der Waals surface area contributed by atoms with Gasteiger partial charge < -0.3 is 5.32 Å². The van der Waals surface area contributed by atoms with Crippen LogP contribution in [-0.4, -0.2) is 23.9 Å². The summed E-state index contributed by atoms with van der Waals surface area (Å²) < 4.78 is 0. The lowest BCUT2D eigenvalue weighted by Gasteiger charge is -2.05. The summed E-state index contributed by atoms with van der Waals surface area (Å²) >= 11 is 1.68. The molecule has 1 N–H and O–H groups in total. The second-order valence-corrected chi connectivity index (χ2v) is 4.77. The van der Waals surface area contributed by atoms with Crippen molar-refractivity contribution in [1.29, 1.82) is 0 Å². The maximum Gasteiger partial charge on any atom is 0.147 e. The number of thiophene rings is 1. The predicted octanol–water partition coefficient (Wildman–Crippen LogP) is 2.43. The van der Waals surface area contributed by atoms with Crippen molar-refractivity contribution in [2.75, 3.05) is 13.1 Å². The Kier molecular flexibility index (Phi) is 2.58. The Morgan fingerprint density at radius 1 is 1.19 bits per heavy atom.